The molecule has 0 saturated carbocycles. The van der Waals surface area contributed by atoms with Crippen LogP contribution >= 0.6 is 0 Å². The number of rotatable bonds is 4. The van der Waals surface area contributed by atoms with Crippen LogP contribution in [0, 0.1) is 6.92 Å². The predicted octanol–water partition coefficient (Wildman–Crippen LogP) is 1.49. The van der Waals surface area contributed by atoms with Crippen molar-refractivity contribution in [1.82, 2.24) is 24.6 Å². The van der Waals surface area contributed by atoms with Crippen LogP contribution in [0.4, 0.5) is 11.8 Å². The predicted molar refractivity (Wildman–Crippen MR) is 104 cm³/mol. The minimum absolute atomic E-state index is 0.112. The lowest BCUT2D eigenvalue weighted by Crippen LogP contribution is -2.50. The van der Waals surface area contributed by atoms with Crippen LogP contribution in [0.15, 0.2) is 24.5 Å². The monoisotopic (exact) mass is 369 g/mol. The molecule has 0 spiro atoms. The molecule has 144 valence electrons. The summed E-state index contributed by atoms with van der Waals surface area (Å²) in [5.74, 6) is 1.92. The first-order valence-corrected chi connectivity index (χ1v) is 9.75. The van der Waals surface area contributed by atoms with Crippen LogP contribution in [0.1, 0.15) is 31.5 Å². The summed E-state index contributed by atoms with van der Waals surface area (Å²) in [7, 11) is 0. The smallest absolute Gasteiger partial charge is 0.247 e. The highest BCUT2D eigenvalue weighted by Gasteiger charge is 2.27. The van der Waals surface area contributed by atoms with Gasteiger partial charge in [-0.3, -0.25) is 9.48 Å². The molecule has 8 heteroatoms. The van der Waals surface area contributed by atoms with Crippen LogP contribution in [0.3, 0.4) is 0 Å². The minimum atomic E-state index is -0.275. The average molecular weight is 369 g/mol. The van der Waals surface area contributed by atoms with Gasteiger partial charge in [0.25, 0.3) is 0 Å². The van der Waals surface area contributed by atoms with Crippen molar-refractivity contribution in [3.63, 3.8) is 0 Å². The van der Waals surface area contributed by atoms with Crippen molar-refractivity contribution < 1.29 is 4.79 Å². The number of hydrogen-bond donors (Lipinski definition) is 0. The normalized spacial score (nSPS) is 18.8. The molecule has 27 heavy (non-hydrogen) atoms. The van der Waals surface area contributed by atoms with Crippen molar-refractivity contribution >= 4 is 17.7 Å². The number of piperazine rings is 1. The van der Waals surface area contributed by atoms with E-state index in [1.54, 1.807) is 10.9 Å². The summed E-state index contributed by atoms with van der Waals surface area (Å²) in [6, 6.07) is 3.64. The Bertz CT molecular complexity index is 777. The van der Waals surface area contributed by atoms with Gasteiger partial charge in [-0.1, -0.05) is 0 Å². The van der Waals surface area contributed by atoms with Gasteiger partial charge >= 0.3 is 0 Å². The Morgan fingerprint density at radius 1 is 1.04 bits per heavy atom. The van der Waals surface area contributed by atoms with Crippen LogP contribution < -0.4 is 9.80 Å². The van der Waals surface area contributed by atoms with Crippen LogP contribution in [-0.4, -0.2) is 69.8 Å². The summed E-state index contributed by atoms with van der Waals surface area (Å²) < 4.78 is 1.71. The molecule has 0 N–H and O–H groups in total. The van der Waals surface area contributed by atoms with E-state index in [0.717, 1.165) is 43.6 Å². The van der Waals surface area contributed by atoms with E-state index in [-0.39, 0.29) is 11.9 Å². The molecule has 4 heterocycles. The first kappa shape index (κ1) is 17.8. The molecule has 2 aromatic rings. The zero-order valence-corrected chi connectivity index (χ0v) is 16.1. The Morgan fingerprint density at radius 3 is 2.44 bits per heavy atom. The molecule has 1 atom stereocenters. The molecular formula is C19H27N7O. The molecule has 4 rings (SSSR count). The molecule has 2 fully saturated rings. The maximum atomic E-state index is 12.7. The molecule has 2 aliphatic heterocycles. The van der Waals surface area contributed by atoms with Gasteiger partial charge in [0.05, 0.1) is 0 Å². The summed E-state index contributed by atoms with van der Waals surface area (Å²) in [6.45, 7) is 8.93. The fourth-order valence-corrected chi connectivity index (χ4v) is 3.80. The summed E-state index contributed by atoms with van der Waals surface area (Å²) in [5.41, 5.74) is 0.993. The van der Waals surface area contributed by atoms with Crippen molar-refractivity contribution in [2.45, 2.75) is 32.7 Å². The fraction of sp³-hybridized carbons (Fsp3) is 0.579. The van der Waals surface area contributed by atoms with Crippen molar-refractivity contribution in [3.8, 4) is 0 Å². The second-order valence-corrected chi connectivity index (χ2v) is 7.34. The highest BCUT2D eigenvalue weighted by Crippen LogP contribution is 2.22. The lowest BCUT2D eigenvalue weighted by atomic mass is 10.2. The Hall–Kier alpha value is -2.64. The second kappa shape index (κ2) is 7.54. The topological polar surface area (TPSA) is 70.4 Å². The van der Waals surface area contributed by atoms with Crippen molar-refractivity contribution in [3.05, 3.63) is 30.2 Å². The van der Waals surface area contributed by atoms with Crippen LogP contribution in [0.5, 0.6) is 0 Å². The first-order chi connectivity index (χ1) is 13.1. The zero-order chi connectivity index (χ0) is 18.8. The summed E-state index contributed by atoms with van der Waals surface area (Å²) >= 11 is 0. The Kier molecular flexibility index (Phi) is 4.96. The van der Waals surface area contributed by atoms with Crippen LogP contribution in [0.25, 0.3) is 0 Å². The Balaban J connectivity index is 1.41. The van der Waals surface area contributed by atoms with Gasteiger partial charge in [0.1, 0.15) is 11.9 Å². The number of aryl methyl sites for hydroxylation is 1. The van der Waals surface area contributed by atoms with E-state index >= 15 is 0 Å². The third-order valence-corrected chi connectivity index (χ3v) is 5.41. The maximum Gasteiger partial charge on any atom is 0.247 e. The highest BCUT2D eigenvalue weighted by molar-refractivity contribution is 5.80. The second-order valence-electron chi connectivity index (χ2n) is 7.34. The van der Waals surface area contributed by atoms with Gasteiger partial charge in [-0.05, 0) is 32.8 Å². The third kappa shape index (κ3) is 3.74. The van der Waals surface area contributed by atoms with Crippen molar-refractivity contribution in [2.75, 3.05) is 49.1 Å². The molecular weight excluding hydrogens is 342 g/mol. The largest absolute Gasteiger partial charge is 0.356 e. The van der Waals surface area contributed by atoms with Crippen LogP contribution in [-0.2, 0) is 4.79 Å². The van der Waals surface area contributed by atoms with Gasteiger partial charge in [0, 0.05) is 63.4 Å². The molecule has 2 saturated heterocycles. The number of amides is 1. The van der Waals surface area contributed by atoms with Crippen LogP contribution in [0.2, 0.25) is 0 Å². The lowest BCUT2D eigenvalue weighted by molar-refractivity contribution is -0.134. The average Bonchev–Trinajstić information content (AvgIpc) is 3.40. The van der Waals surface area contributed by atoms with Crippen molar-refractivity contribution in [2.24, 2.45) is 0 Å². The number of anilines is 2. The number of aromatic nitrogens is 4. The first-order valence-electron chi connectivity index (χ1n) is 9.75. The fourth-order valence-electron chi connectivity index (χ4n) is 3.80. The molecule has 1 amide bonds. The van der Waals surface area contributed by atoms with Gasteiger partial charge in [0.15, 0.2) is 0 Å². The molecule has 0 aromatic carbocycles. The van der Waals surface area contributed by atoms with Crippen molar-refractivity contribution in [1.29, 1.82) is 0 Å². The van der Waals surface area contributed by atoms with E-state index in [0.29, 0.717) is 13.1 Å². The van der Waals surface area contributed by atoms with E-state index in [2.05, 4.69) is 25.9 Å². The molecule has 0 aliphatic carbocycles. The molecule has 0 bridgehead atoms. The van der Waals surface area contributed by atoms with Gasteiger partial charge in [-0.25, -0.2) is 4.98 Å². The molecule has 2 aliphatic rings. The standard InChI is InChI=1S/C19H27N7O/c1-15-14-17(23-7-3-4-8-23)22-19(21-15)25-12-10-24(11-13-25)18(27)16(2)26-9-5-6-20-26/h5-6,9,14,16H,3-4,7-8,10-13H2,1-2H3. The Labute approximate surface area is 159 Å². The zero-order valence-electron chi connectivity index (χ0n) is 16.1. The number of hydrogen-bond acceptors (Lipinski definition) is 6. The molecule has 8 nitrogen and oxygen atoms in total. The van der Waals surface area contributed by atoms with E-state index in [1.165, 1.54) is 12.8 Å². The number of carbonyl (C=O) groups excluding carboxylic acids is 1. The number of nitrogens with zero attached hydrogens (tertiary/aromatic N) is 7. The van der Waals surface area contributed by atoms with Gasteiger partial charge in [-0.2, -0.15) is 10.1 Å². The Morgan fingerprint density at radius 2 is 1.78 bits per heavy atom. The quantitative estimate of drug-likeness (QED) is 0.813. The van der Waals surface area contributed by atoms with Gasteiger partial charge in [0.2, 0.25) is 11.9 Å². The summed E-state index contributed by atoms with van der Waals surface area (Å²) in [5, 5.41) is 4.19. The molecule has 1 unspecified atom stereocenters. The van der Waals surface area contributed by atoms with Gasteiger partial charge < -0.3 is 14.7 Å². The summed E-state index contributed by atoms with van der Waals surface area (Å²) in [4.78, 5) is 28.6. The third-order valence-electron chi connectivity index (χ3n) is 5.41. The van der Waals surface area contributed by atoms with E-state index in [4.69, 9.17) is 4.98 Å². The number of carbonyl (C=O) groups is 1. The van der Waals surface area contributed by atoms with E-state index in [9.17, 15) is 4.79 Å². The molecule has 0 radical (unpaired) electrons. The van der Waals surface area contributed by atoms with Gasteiger partial charge in [-0.15, -0.1) is 0 Å². The van der Waals surface area contributed by atoms with E-state index in [1.807, 2.05) is 31.0 Å². The molecule has 2 aromatic heterocycles. The SMILES string of the molecule is Cc1cc(N2CCCC2)nc(N2CCN(C(=O)C(C)n3cccn3)CC2)n1. The highest BCUT2D eigenvalue weighted by atomic mass is 16.2. The minimum Gasteiger partial charge on any atom is -0.356 e. The maximum absolute atomic E-state index is 12.7. The van der Waals surface area contributed by atoms with E-state index < -0.39 is 0 Å². The lowest BCUT2D eigenvalue weighted by Gasteiger charge is -2.36. The summed E-state index contributed by atoms with van der Waals surface area (Å²) in [6.07, 6.45) is 6.00.